The van der Waals surface area contributed by atoms with E-state index in [1.807, 2.05) is 0 Å². The molecule has 1 nitrogen and oxygen atoms in total. The fourth-order valence-electron chi connectivity index (χ4n) is 0.248. The standard InChI is InChI=1S/C4H9.2Al.O/c1-4(2)3;;;/h4H,1H2,2-3H3;;;. The van der Waals surface area contributed by atoms with E-state index < -0.39 is 0 Å². The summed E-state index contributed by atoms with van der Waals surface area (Å²) in [7, 11) is 0. The van der Waals surface area contributed by atoms with Gasteiger partial charge in [-0.25, -0.2) is 0 Å². The molecule has 7 heavy (non-hydrogen) atoms. The van der Waals surface area contributed by atoms with Crippen molar-refractivity contribution in [2.45, 2.75) is 19.1 Å². The summed E-state index contributed by atoms with van der Waals surface area (Å²) in [6.45, 7) is 4.41. The van der Waals surface area contributed by atoms with E-state index in [9.17, 15) is 0 Å². The lowest BCUT2D eigenvalue weighted by atomic mass is 10.3. The van der Waals surface area contributed by atoms with Gasteiger partial charge in [0.15, 0.2) is 0 Å². The summed E-state index contributed by atoms with van der Waals surface area (Å²) in [5.74, 6) is 0.801. The van der Waals surface area contributed by atoms with Crippen LogP contribution < -0.4 is 0 Å². The Balaban J connectivity index is 2.68. The molecule has 0 N–H and O–H groups in total. The first-order valence-electron chi connectivity index (χ1n) is 2.44. The van der Waals surface area contributed by atoms with Gasteiger partial charge in [-0.3, -0.25) is 0 Å². The molecular weight excluding hydrogens is 118 g/mol. The highest BCUT2D eigenvalue weighted by atomic mass is 27.2. The van der Waals surface area contributed by atoms with E-state index in [1.54, 1.807) is 0 Å². The molecule has 0 unspecified atom stereocenters. The van der Waals surface area contributed by atoms with Crippen molar-refractivity contribution in [1.82, 2.24) is 0 Å². The molecule has 3 radical (unpaired) electrons. The molecule has 0 fully saturated rings. The predicted octanol–water partition coefficient (Wildman–Crippen LogP) is 0.780. The Morgan fingerprint density at radius 2 is 2.29 bits per heavy atom. The van der Waals surface area contributed by atoms with Gasteiger partial charge in [-0.2, -0.15) is 0 Å². The molecule has 0 aromatic carbocycles. The van der Waals surface area contributed by atoms with Crippen LogP contribution in [-0.4, -0.2) is 32.2 Å². The van der Waals surface area contributed by atoms with Gasteiger partial charge in [0, 0.05) is 0 Å². The second-order valence-electron chi connectivity index (χ2n) is 1.93. The summed E-state index contributed by atoms with van der Waals surface area (Å²) in [5.41, 5.74) is 0. The highest BCUT2D eigenvalue weighted by Crippen LogP contribution is 1.96. The van der Waals surface area contributed by atoms with Crippen LogP contribution in [0.25, 0.3) is 0 Å². The Morgan fingerprint density at radius 3 is 2.43 bits per heavy atom. The molecular formula is C4H9Al2O. The van der Waals surface area contributed by atoms with Gasteiger partial charge in [-0.05, 0) is 0 Å². The minimum absolute atomic E-state index is 0.248. The average molecular weight is 127 g/mol. The zero-order valence-electron chi connectivity index (χ0n) is 4.85. The van der Waals surface area contributed by atoms with Crippen molar-refractivity contribution in [3.8, 4) is 0 Å². The zero-order chi connectivity index (χ0) is 5.70. The Kier molecular flexibility index (Phi) is 5.92. The average Bonchev–Trinajstić information content (AvgIpc) is 1.61. The summed E-state index contributed by atoms with van der Waals surface area (Å²) in [6.07, 6.45) is 0. The number of hydrogen-bond acceptors (Lipinski definition) is 1. The minimum Gasteiger partial charge on any atom is -0.656 e. The summed E-state index contributed by atoms with van der Waals surface area (Å²) < 4.78 is 4.85. The predicted molar refractivity (Wildman–Crippen MR) is 32.2 cm³/mol. The van der Waals surface area contributed by atoms with Crippen molar-refractivity contribution in [3.05, 3.63) is 0 Å². The van der Waals surface area contributed by atoms with Crippen LogP contribution in [-0.2, 0) is 2.84 Å². The molecule has 37 valence electrons. The van der Waals surface area contributed by atoms with Crippen molar-refractivity contribution in [2.75, 3.05) is 0 Å². The second kappa shape index (κ2) is 5.17. The lowest BCUT2D eigenvalue weighted by molar-refractivity contribution is 0.625. The van der Waals surface area contributed by atoms with Gasteiger partial charge in [-0.15, -0.1) is 0 Å². The van der Waals surface area contributed by atoms with E-state index in [4.69, 9.17) is 2.84 Å². The van der Waals surface area contributed by atoms with Gasteiger partial charge in [0.2, 0.25) is 0 Å². The molecule has 0 spiro atoms. The SMILES string of the molecule is CC(C)[CH2][Al][O][Al]. The molecule has 0 aromatic heterocycles. The van der Waals surface area contributed by atoms with E-state index in [2.05, 4.69) is 30.5 Å². The Hall–Kier alpha value is 1.02. The molecule has 0 heterocycles. The molecule has 0 saturated heterocycles. The van der Waals surface area contributed by atoms with Crippen LogP contribution in [0.1, 0.15) is 13.8 Å². The van der Waals surface area contributed by atoms with E-state index in [0.717, 1.165) is 5.92 Å². The first-order chi connectivity index (χ1) is 3.27. The van der Waals surface area contributed by atoms with Crippen LogP contribution in [0.5, 0.6) is 0 Å². The maximum atomic E-state index is 4.85. The Morgan fingerprint density at radius 1 is 1.71 bits per heavy atom. The summed E-state index contributed by atoms with van der Waals surface area (Å²) >= 11 is 2.53. The Bertz CT molecular complexity index is 38.7. The zero-order valence-corrected chi connectivity index (χ0v) is 7.16. The third-order valence-corrected chi connectivity index (χ3v) is 2.57. The van der Waals surface area contributed by atoms with Gasteiger partial charge >= 0.3 is 32.2 Å². The van der Waals surface area contributed by atoms with E-state index in [-0.39, 0.29) is 15.6 Å². The van der Waals surface area contributed by atoms with Gasteiger partial charge in [0.1, 0.15) is 0 Å². The Labute approximate surface area is 60.2 Å². The molecule has 0 atom stereocenters. The smallest absolute Gasteiger partial charge is 0.390 e. The normalized spacial score (nSPS) is 9.57. The van der Waals surface area contributed by atoms with Gasteiger partial charge in [0.25, 0.3) is 0 Å². The van der Waals surface area contributed by atoms with Gasteiger partial charge in [0.05, 0.1) is 0 Å². The topological polar surface area (TPSA) is 9.23 Å². The van der Waals surface area contributed by atoms with Gasteiger partial charge < -0.3 is 2.84 Å². The van der Waals surface area contributed by atoms with Crippen molar-refractivity contribution in [3.63, 3.8) is 0 Å². The minimum atomic E-state index is 0.248. The van der Waals surface area contributed by atoms with Crippen LogP contribution in [0.15, 0.2) is 0 Å². The van der Waals surface area contributed by atoms with E-state index in [0.29, 0.717) is 0 Å². The fraction of sp³-hybridized carbons (Fsp3) is 1.00. The second-order valence-corrected chi connectivity index (χ2v) is 3.83. The van der Waals surface area contributed by atoms with E-state index >= 15 is 0 Å². The van der Waals surface area contributed by atoms with Crippen molar-refractivity contribution < 1.29 is 2.84 Å². The molecule has 0 aliphatic heterocycles. The summed E-state index contributed by atoms with van der Waals surface area (Å²) in [4.78, 5) is 0. The third-order valence-electron chi connectivity index (χ3n) is 0.664. The van der Waals surface area contributed by atoms with Crippen LogP contribution in [0.4, 0.5) is 0 Å². The van der Waals surface area contributed by atoms with Crippen molar-refractivity contribution >= 4 is 32.2 Å². The van der Waals surface area contributed by atoms with Crippen molar-refractivity contribution in [1.29, 1.82) is 0 Å². The molecule has 0 saturated carbocycles. The number of hydrogen-bond donors (Lipinski definition) is 0. The lowest BCUT2D eigenvalue weighted by Crippen LogP contribution is -1.98. The highest BCUT2D eigenvalue weighted by molar-refractivity contribution is 6.34. The molecule has 3 heteroatoms. The molecule has 0 aromatic rings. The van der Waals surface area contributed by atoms with E-state index in [1.165, 1.54) is 5.28 Å². The first-order valence-corrected chi connectivity index (χ1v) is 4.20. The molecule has 0 bridgehead atoms. The third kappa shape index (κ3) is 7.02. The monoisotopic (exact) mass is 127 g/mol. The summed E-state index contributed by atoms with van der Waals surface area (Å²) in [5, 5.41) is 1.24. The first kappa shape index (κ1) is 8.02. The highest BCUT2D eigenvalue weighted by Gasteiger charge is 1.93. The quantitative estimate of drug-likeness (QED) is 0.509. The summed E-state index contributed by atoms with van der Waals surface area (Å²) in [6, 6.07) is 0. The maximum absolute atomic E-state index is 4.85. The van der Waals surface area contributed by atoms with Crippen molar-refractivity contribution in [2.24, 2.45) is 5.92 Å². The molecule has 0 rings (SSSR count). The molecule has 0 aliphatic carbocycles. The molecule has 0 amide bonds. The van der Waals surface area contributed by atoms with Crippen LogP contribution >= 0.6 is 0 Å². The number of rotatable bonds is 3. The molecule has 0 aliphatic rings. The van der Waals surface area contributed by atoms with Crippen LogP contribution in [0.2, 0.25) is 5.28 Å². The largest absolute Gasteiger partial charge is 0.656 e. The fourth-order valence-corrected chi connectivity index (χ4v) is 1.08. The maximum Gasteiger partial charge on any atom is 0.390 e. The van der Waals surface area contributed by atoms with Gasteiger partial charge in [-0.1, -0.05) is 25.0 Å². The van der Waals surface area contributed by atoms with Crippen LogP contribution in [0.3, 0.4) is 0 Å². The van der Waals surface area contributed by atoms with Crippen LogP contribution in [0, 0.1) is 5.92 Å². The lowest BCUT2D eigenvalue weighted by Gasteiger charge is -1.99.